The number of amidine groups is 1. The van der Waals surface area contributed by atoms with Crippen LogP contribution in [0.5, 0.6) is 0 Å². The summed E-state index contributed by atoms with van der Waals surface area (Å²) in [5.41, 5.74) is 0. The van der Waals surface area contributed by atoms with Gasteiger partial charge in [0.25, 0.3) is 0 Å². The van der Waals surface area contributed by atoms with Gasteiger partial charge in [0.1, 0.15) is 0 Å². The summed E-state index contributed by atoms with van der Waals surface area (Å²) in [5, 5.41) is 3.21. The van der Waals surface area contributed by atoms with E-state index >= 15 is 0 Å². The van der Waals surface area contributed by atoms with E-state index in [9.17, 15) is 0 Å². The van der Waals surface area contributed by atoms with Crippen molar-refractivity contribution in [1.82, 2.24) is 5.32 Å². The van der Waals surface area contributed by atoms with E-state index in [0.29, 0.717) is 5.92 Å². The van der Waals surface area contributed by atoms with Crippen molar-refractivity contribution >= 4 is 16.2 Å². The molecule has 14 heavy (non-hydrogen) atoms. The number of aliphatic imine (C=N–C) groups is 1. The summed E-state index contributed by atoms with van der Waals surface area (Å²) in [6, 6.07) is 0. The summed E-state index contributed by atoms with van der Waals surface area (Å²) >= 11 is 0. The monoisotopic (exact) mass is 228 g/mol. The molecular weight excluding hydrogens is 212 g/mol. The van der Waals surface area contributed by atoms with Gasteiger partial charge in [0.05, 0.1) is 12.4 Å². The molecule has 1 aliphatic rings. The summed E-state index contributed by atoms with van der Waals surface area (Å²) < 4.78 is 31.6. The highest BCUT2D eigenvalue weighted by Crippen LogP contribution is 1.97. The summed E-state index contributed by atoms with van der Waals surface area (Å²) in [6.07, 6.45) is 0. The Morgan fingerprint density at radius 1 is 1.43 bits per heavy atom. The Bertz CT molecular complexity index is 264. The summed E-state index contributed by atoms with van der Waals surface area (Å²) in [7, 11) is -4.67. The van der Waals surface area contributed by atoms with Gasteiger partial charge in [0.2, 0.25) is 0 Å². The van der Waals surface area contributed by atoms with Crippen LogP contribution >= 0.6 is 0 Å². The van der Waals surface area contributed by atoms with Crippen LogP contribution in [-0.2, 0) is 10.4 Å². The van der Waals surface area contributed by atoms with E-state index in [4.69, 9.17) is 17.5 Å². The molecule has 1 heterocycles. The van der Waals surface area contributed by atoms with Crippen molar-refractivity contribution in [2.24, 2.45) is 10.9 Å². The minimum absolute atomic E-state index is 0. The molecule has 0 radical (unpaired) electrons. The second kappa shape index (κ2) is 6.71. The maximum absolute atomic E-state index is 8.74. The predicted octanol–water partition coefficient (Wildman–Crippen LogP) is -0.833. The van der Waals surface area contributed by atoms with Crippen LogP contribution in [0.15, 0.2) is 4.99 Å². The average Bonchev–Trinajstić information content (AvgIpc) is 2.31. The van der Waals surface area contributed by atoms with Crippen molar-refractivity contribution in [1.29, 1.82) is 0 Å². The van der Waals surface area contributed by atoms with E-state index in [1.165, 1.54) is 5.84 Å². The molecule has 5 N–H and O–H groups in total. The first-order valence-corrected chi connectivity index (χ1v) is 5.18. The Labute approximate surface area is 83.1 Å². The van der Waals surface area contributed by atoms with Crippen LogP contribution in [-0.4, -0.2) is 41.9 Å². The average molecular weight is 228 g/mol. The highest BCUT2D eigenvalue weighted by molar-refractivity contribution is 7.79. The number of nitrogens with one attached hydrogen (secondary N) is 1. The van der Waals surface area contributed by atoms with Crippen LogP contribution in [0, 0.1) is 5.92 Å². The molecule has 0 spiro atoms. The van der Waals surface area contributed by atoms with Gasteiger partial charge >= 0.3 is 10.4 Å². The minimum Gasteiger partial charge on any atom is -0.412 e. The van der Waals surface area contributed by atoms with Gasteiger partial charge in [-0.15, -0.1) is 0 Å². The first-order valence-electron chi connectivity index (χ1n) is 3.79. The van der Waals surface area contributed by atoms with E-state index in [0.717, 1.165) is 13.1 Å². The largest absolute Gasteiger partial charge is 0.412 e. The van der Waals surface area contributed by atoms with Gasteiger partial charge < -0.3 is 10.8 Å². The number of rotatable bonds is 1. The van der Waals surface area contributed by atoms with Gasteiger partial charge in [-0.05, 0) is 0 Å². The zero-order valence-corrected chi connectivity index (χ0v) is 8.87. The zero-order chi connectivity index (χ0) is 10.5. The maximum atomic E-state index is 8.74. The van der Waals surface area contributed by atoms with Crippen molar-refractivity contribution < 1.29 is 23.0 Å². The van der Waals surface area contributed by atoms with Crippen molar-refractivity contribution in [3.8, 4) is 0 Å². The molecule has 0 atom stereocenters. The predicted molar refractivity (Wildman–Crippen MR) is 52.9 cm³/mol. The molecule has 86 valence electrons. The quantitative estimate of drug-likeness (QED) is 0.504. The molecule has 0 aromatic heterocycles. The van der Waals surface area contributed by atoms with Gasteiger partial charge in [0, 0.05) is 12.5 Å². The van der Waals surface area contributed by atoms with Gasteiger partial charge in [-0.3, -0.25) is 14.1 Å². The Kier molecular flexibility index (Phi) is 7.55. The Morgan fingerprint density at radius 3 is 2.00 bits per heavy atom. The third-order valence-electron chi connectivity index (χ3n) is 1.25. The van der Waals surface area contributed by atoms with Crippen LogP contribution in [0.1, 0.15) is 13.8 Å². The van der Waals surface area contributed by atoms with Crippen molar-refractivity contribution in [3.05, 3.63) is 0 Å². The molecule has 7 nitrogen and oxygen atoms in total. The lowest BCUT2D eigenvalue weighted by Crippen LogP contribution is -2.23. The fraction of sp³-hybridized carbons (Fsp3) is 0.833. The molecule has 8 heteroatoms. The molecule has 0 bridgehead atoms. The fourth-order valence-corrected chi connectivity index (χ4v) is 0.803. The highest BCUT2D eigenvalue weighted by atomic mass is 32.3. The van der Waals surface area contributed by atoms with Gasteiger partial charge in [-0.25, -0.2) is 0 Å². The van der Waals surface area contributed by atoms with Gasteiger partial charge in [0.15, 0.2) is 0 Å². The molecule has 1 rings (SSSR count). The van der Waals surface area contributed by atoms with Crippen LogP contribution in [0.3, 0.4) is 0 Å². The molecule has 0 aliphatic carbocycles. The number of nitrogens with zero attached hydrogens (tertiary/aromatic N) is 1. The lowest BCUT2D eigenvalue weighted by atomic mass is 10.2. The van der Waals surface area contributed by atoms with Crippen LogP contribution in [0.2, 0.25) is 0 Å². The molecule has 0 aromatic carbocycles. The topological polar surface area (TPSA) is 130 Å². The molecule has 0 aromatic rings. The summed E-state index contributed by atoms with van der Waals surface area (Å²) in [6.45, 7) is 6.30. The third-order valence-corrected chi connectivity index (χ3v) is 1.25. The SMILES string of the molecule is CC(C)C1=NCCN1.O.O=S(=O)(O)O. The van der Waals surface area contributed by atoms with E-state index in [2.05, 4.69) is 24.2 Å². The smallest absolute Gasteiger partial charge is 0.394 e. The standard InChI is InChI=1S/C6H12N2.H2O4S.H2O/c1-5(2)6-7-3-4-8-6;1-5(2,3)4;/h5H,3-4H2,1-2H3,(H,7,8);(H2,1,2,3,4);1H2. The molecule has 1 aliphatic heterocycles. The summed E-state index contributed by atoms with van der Waals surface area (Å²) in [4.78, 5) is 4.24. The van der Waals surface area contributed by atoms with E-state index < -0.39 is 10.4 Å². The van der Waals surface area contributed by atoms with Crippen LogP contribution in [0.4, 0.5) is 0 Å². The van der Waals surface area contributed by atoms with Crippen molar-refractivity contribution in [3.63, 3.8) is 0 Å². The van der Waals surface area contributed by atoms with Gasteiger partial charge in [-0.2, -0.15) is 8.42 Å². The normalized spacial score (nSPS) is 14.8. The second-order valence-electron chi connectivity index (χ2n) is 2.80. The second-order valence-corrected chi connectivity index (χ2v) is 3.69. The number of hydrogen-bond acceptors (Lipinski definition) is 4. The van der Waals surface area contributed by atoms with Crippen molar-refractivity contribution in [2.75, 3.05) is 13.1 Å². The van der Waals surface area contributed by atoms with Crippen LogP contribution in [0.25, 0.3) is 0 Å². The van der Waals surface area contributed by atoms with E-state index in [1.807, 2.05) is 0 Å². The Morgan fingerprint density at radius 2 is 1.86 bits per heavy atom. The highest BCUT2D eigenvalue weighted by Gasteiger charge is 2.06. The third kappa shape index (κ3) is 11.3. The summed E-state index contributed by atoms with van der Waals surface area (Å²) in [5.74, 6) is 1.75. The molecule has 0 unspecified atom stereocenters. The van der Waals surface area contributed by atoms with Gasteiger partial charge in [-0.1, -0.05) is 13.8 Å². The van der Waals surface area contributed by atoms with E-state index in [1.54, 1.807) is 0 Å². The lowest BCUT2D eigenvalue weighted by Gasteiger charge is -2.02. The fourth-order valence-electron chi connectivity index (χ4n) is 0.803. The number of hydrogen-bond donors (Lipinski definition) is 3. The molecular formula is C6H16N2O5S. The Balaban J connectivity index is 0. The first-order chi connectivity index (χ1) is 5.80. The molecule has 0 fully saturated rings. The lowest BCUT2D eigenvalue weighted by molar-refractivity contribution is 0.381. The molecule has 0 saturated carbocycles. The van der Waals surface area contributed by atoms with Crippen molar-refractivity contribution in [2.45, 2.75) is 13.8 Å². The Hall–Kier alpha value is -0.700. The maximum Gasteiger partial charge on any atom is 0.394 e. The minimum atomic E-state index is -4.67. The van der Waals surface area contributed by atoms with E-state index in [-0.39, 0.29) is 5.48 Å². The molecule has 0 saturated heterocycles. The first kappa shape index (κ1) is 15.8. The zero-order valence-electron chi connectivity index (χ0n) is 8.06. The molecule has 0 amide bonds. The van der Waals surface area contributed by atoms with Crippen LogP contribution < -0.4 is 5.32 Å².